The summed E-state index contributed by atoms with van der Waals surface area (Å²) in [6.07, 6.45) is 19.8. The topological polar surface area (TPSA) is 272 Å². The number of imidazole rings is 2. The third-order valence-electron chi connectivity index (χ3n) is 9.13. The summed E-state index contributed by atoms with van der Waals surface area (Å²) < 4.78 is 15.1. The molecule has 5 aromatic heterocycles. The first-order valence-electron chi connectivity index (χ1n) is 20.6. The average molecular weight is 1190 g/mol. The summed E-state index contributed by atoms with van der Waals surface area (Å²) in [6, 6.07) is 3.50. The fourth-order valence-electron chi connectivity index (χ4n) is 5.85. The minimum absolute atomic E-state index is 0. The Bertz CT molecular complexity index is 2420. The van der Waals surface area contributed by atoms with E-state index in [1.807, 2.05) is 34.0 Å². The van der Waals surface area contributed by atoms with Gasteiger partial charge in [-0.25, -0.2) is 19.3 Å². The summed E-state index contributed by atoms with van der Waals surface area (Å²) in [6.45, 7) is 7.06. The van der Waals surface area contributed by atoms with Crippen LogP contribution < -0.4 is 22.1 Å². The summed E-state index contributed by atoms with van der Waals surface area (Å²) in [5.74, 6) is 2.92. The lowest BCUT2D eigenvalue weighted by Crippen LogP contribution is -2.28. The van der Waals surface area contributed by atoms with Crippen LogP contribution in [0.1, 0.15) is 104 Å². The Hall–Kier alpha value is -4.79. The van der Waals surface area contributed by atoms with Crippen molar-refractivity contribution in [3.63, 3.8) is 0 Å². The molecule has 360 valence electrons. The van der Waals surface area contributed by atoms with E-state index in [-0.39, 0.29) is 36.7 Å². The Morgan fingerprint density at radius 1 is 0.894 bits per heavy atom. The molecule has 2 amide bonds. The summed E-state index contributed by atoms with van der Waals surface area (Å²) in [4.78, 5) is 49.7. The molecule has 7 N–H and O–H groups in total. The molecule has 0 bridgehead atoms. The van der Waals surface area contributed by atoms with Crippen molar-refractivity contribution in [2.24, 2.45) is 19.2 Å². The van der Waals surface area contributed by atoms with Crippen LogP contribution in [0.4, 0.5) is 16.7 Å². The van der Waals surface area contributed by atoms with E-state index < -0.39 is 11.7 Å². The number of anilines is 2. The Morgan fingerprint density at radius 3 is 2.00 bits per heavy atom. The van der Waals surface area contributed by atoms with Crippen LogP contribution in [0, 0.1) is 12.3 Å². The maximum atomic E-state index is 12.3. The number of aromatic nitrogens is 9. The molecule has 0 aliphatic rings. The van der Waals surface area contributed by atoms with Gasteiger partial charge in [-0.2, -0.15) is 0 Å². The van der Waals surface area contributed by atoms with E-state index in [0.29, 0.717) is 37.0 Å². The second-order valence-corrected chi connectivity index (χ2v) is 18.7. The molecule has 0 spiro atoms. The van der Waals surface area contributed by atoms with Gasteiger partial charge in [-0.15, -0.1) is 29.8 Å². The third-order valence-corrected chi connectivity index (χ3v) is 13.3. The smallest absolute Gasteiger partial charge is 0.421 e. The second kappa shape index (κ2) is 29.1. The number of aromatic amines is 1. The first-order valence-corrected chi connectivity index (χ1v) is 23.8. The zero-order chi connectivity index (χ0) is 48.1. The van der Waals surface area contributed by atoms with Gasteiger partial charge in [0, 0.05) is 63.1 Å². The van der Waals surface area contributed by atoms with Crippen molar-refractivity contribution >= 4 is 106 Å². The van der Waals surface area contributed by atoms with Crippen LogP contribution >= 0.6 is 76.1 Å². The Morgan fingerprint density at radius 2 is 1.47 bits per heavy atom. The number of hydrogen-bond donors (Lipinski definition) is 5. The van der Waals surface area contributed by atoms with Gasteiger partial charge in [0.1, 0.15) is 17.0 Å². The van der Waals surface area contributed by atoms with E-state index in [1.165, 1.54) is 4.57 Å². The van der Waals surface area contributed by atoms with Crippen molar-refractivity contribution in [2.45, 2.75) is 97.1 Å². The summed E-state index contributed by atoms with van der Waals surface area (Å²) in [7, 11) is 3.61. The molecule has 0 saturated carbocycles. The minimum atomic E-state index is -0.552. The van der Waals surface area contributed by atoms with Crippen molar-refractivity contribution < 1.29 is 19.1 Å². The van der Waals surface area contributed by atoms with Crippen molar-refractivity contribution in [2.75, 3.05) is 31.1 Å². The van der Waals surface area contributed by atoms with Crippen LogP contribution in [0.5, 0.6) is 0 Å². The van der Waals surface area contributed by atoms with Gasteiger partial charge in [-0.1, -0.05) is 23.2 Å². The van der Waals surface area contributed by atoms with E-state index in [9.17, 15) is 14.4 Å². The second-order valence-electron chi connectivity index (χ2n) is 15.5. The predicted octanol–water partition coefficient (Wildman–Crippen LogP) is 8.83. The van der Waals surface area contributed by atoms with Gasteiger partial charge in [0.2, 0.25) is 5.95 Å². The molecule has 0 aromatic carbocycles. The van der Waals surface area contributed by atoms with Crippen LogP contribution in [0.25, 0.3) is 10.4 Å². The largest absolute Gasteiger partial charge is 0.443 e. The zero-order valence-corrected chi connectivity index (χ0v) is 44.7. The van der Waals surface area contributed by atoms with Crippen molar-refractivity contribution in [3.8, 4) is 12.3 Å². The highest BCUT2D eigenvalue weighted by Crippen LogP contribution is 2.27. The number of carbonyl (C=O) groups is 3. The van der Waals surface area contributed by atoms with Gasteiger partial charge in [-0.05, 0) is 147 Å². The molecule has 0 radical (unpaired) electrons. The van der Waals surface area contributed by atoms with Crippen LogP contribution in [-0.4, -0.2) is 86.8 Å². The molecule has 66 heavy (non-hydrogen) atoms. The number of nitrogens with two attached hydrogens (primary N) is 2. The number of amides is 2. The SMILES string of the molecule is C#CCCCCCc1cn(C(=O)OC(C)(C)C)c(N)n1.Cl.Cn1c(C(=O)NCCN=[N+]=[N-])cc(Br)c1Br.Cn1c(C(=O)NCCn2cc(CCCCCc3cnc(N)[nH]3)nn2)cc(Br)c1Br. The molecule has 0 fully saturated rings. The van der Waals surface area contributed by atoms with Crippen molar-refractivity contribution in [1.82, 2.24) is 54.3 Å². The number of carbonyl (C=O) groups excluding carboxylic acids is 3. The van der Waals surface area contributed by atoms with E-state index in [0.717, 1.165) is 99.4 Å². The standard InChI is InChI=1S/C18H24Br2N8O.C15H23N3O2.C8H9Br2N5O.ClH/c1-27-15(9-14(19)16(27)20)17(29)22-7-8-28-11-13(25-26-28)6-4-2-3-5-12-10-23-18(21)24-12;1-5-6-7-8-9-10-12-11-18(13(16)17-12)14(19)20-15(2,3)4;1-15-6(4-5(9)7(15)10)8(16)12-2-3-13-14-11;/h9-11H,2-8H2,1H3,(H,22,29)(H3,21,23,24);1,11H,6-10H2,2-4H3,(H2,16,17);4H,2-3H2,1H3,(H,12,16);1H. The van der Waals surface area contributed by atoms with Gasteiger partial charge >= 0.3 is 6.09 Å². The first-order chi connectivity index (χ1) is 30.8. The molecule has 0 aliphatic carbocycles. The van der Waals surface area contributed by atoms with E-state index in [2.05, 4.69) is 116 Å². The Balaban J connectivity index is 0.000000356. The molecule has 0 aliphatic heterocycles. The molecule has 5 aromatic rings. The van der Waals surface area contributed by atoms with Gasteiger partial charge in [0.15, 0.2) is 5.95 Å². The van der Waals surface area contributed by atoms with Gasteiger partial charge < -0.3 is 41.0 Å². The predicted molar refractivity (Wildman–Crippen MR) is 271 cm³/mol. The lowest BCUT2D eigenvalue weighted by atomic mass is 10.1. The number of terminal acetylenes is 1. The number of hydrogen-bond acceptors (Lipinski definition) is 11. The fraction of sp³-hybridized carbons (Fsp3) is 0.488. The molecule has 5 rings (SSSR count). The highest BCUT2D eigenvalue weighted by Gasteiger charge is 2.21. The number of azide groups is 1. The van der Waals surface area contributed by atoms with E-state index in [1.54, 1.807) is 45.4 Å². The maximum absolute atomic E-state index is 12.3. The highest BCUT2D eigenvalue weighted by molar-refractivity contribution is 9.13. The van der Waals surface area contributed by atoms with Crippen LogP contribution in [0.15, 0.2) is 54.0 Å². The van der Waals surface area contributed by atoms with Crippen molar-refractivity contribution in [1.29, 1.82) is 0 Å². The fourth-order valence-corrected chi connectivity index (χ4v) is 7.42. The summed E-state index contributed by atoms with van der Waals surface area (Å²) >= 11 is 13.5. The quantitative estimate of drug-likeness (QED) is 0.0172. The number of rotatable bonds is 19. The van der Waals surface area contributed by atoms with Gasteiger partial charge in [-0.3, -0.25) is 14.3 Å². The van der Waals surface area contributed by atoms with E-state index in [4.69, 9.17) is 28.2 Å². The first kappa shape index (κ1) is 57.3. The Kier molecular flexibility index (Phi) is 25.3. The molecule has 25 heteroatoms. The number of halogens is 5. The monoisotopic (exact) mass is 1190 g/mol. The summed E-state index contributed by atoms with van der Waals surface area (Å²) in [5.41, 5.74) is 22.8. The van der Waals surface area contributed by atoms with Gasteiger partial charge in [0.05, 0.1) is 42.3 Å². The summed E-state index contributed by atoms with van der Waals surface area (Å²) in [5, 5.41) is 17.2. The minimum Gasteiger partial charge on any atom is -0.443 e. The molecular formula is C41H57Br4ClN16O4. The van der Waals surface area contributed by atoms with Gasteiger partial charge in [0.25, 0.3) is 11.8 Å². The number of nitrogen functional groups attached to an aromatic ring is 2. The maximum Gasteiger partial charge on any atom is 0.421 e. The number of nitrogens with one attached hydrogen (secondary N) is 3. The van der Waals surface area contributed by atoms with Crippen molar-refractivity contribution in [3.05, 3.63) is 87.8 Å². The number of nitrogens with zero attached hydrogens (tertiary/aromatic N) is 11. The molecular weight excluding hydrogens is 1140 g/mol. The lowest BCUT2D eigenvalue weighted by molar-refractivity contribution is 0.0540. The third kappa shape index (κ3) is 19.6. The molecule has 20 nitrogen and oxygen atoms in total. The number of unbranched alkanes of at least 4 members (excludes halogenated alkanes) is 5. The number of ether oxygens (including phenoxy) is 1. The average Bonchev–Trinajstić information content (AvgIpc) is 4.08. The van der Waals surface area contributed by atoms with Crippen LogP contribution in [-0.2, 0) is 44.6 Å². The Labute approximate surface area is 424 Å². The zero-order valence-electron chi connectivity index (χ0n) is 37.5. The normalized spacial score (nSPS) is 10.6. The molecule has 0 atom stereocenters. The lowest BCUT2D eigenvalue weighted by Gasteiger charge is -2.19. The molecule has 0 unspecified atom stereocenters. The molecule has 0 saturated heterocycles. The van der Waals surface area contributed by atoms with E-state index >= 15 is 0 Å². The number of aryl methyl sites for hydroxylation is 3. The van der Waals surface area contributed by atoms with Crippen LogP contribution in [0.3, 0.4) is 0 Å². The van der Waals surface area contributed by atoms with Crippen LogP contribution in [0.2, 0.25) is 0 Å². The molecule has 5 heterocycles. The number of H-pyrrole nitrogens is 1. The highest BCUT2D eigenvalue weighted by atomic mass is 79.9.